The van der Waals surface area contributed by atoms with Crippen LogP contribution in [0.5, 0.6) is 0 Å². The zero-order valence-corrected chi connectivity index (χ0v) is 13.6. The van der Waals surface area contributed by atoms with Gasteiger partial charge in [-0.2, -0.15) is 0 Å². The lowest BCUT2D eigenvalue weighted by Crippen LogP contribution is -2.23. The second-order valence-corrected chi connectivity index (χ2v) is 6.05. The van der Waals surface area contributed by atoms with Crippen LogP contribution in [-0.2, 0) is 9.53 Å². The van der Waals surface area contributed by atoms with E-state index in [4.69, 9.17) is 0 Å². The van der Waals surface area contributed by atoms with Crippen LogP contribution < -0.4 is 5.32 Å². The Kier molecular flexibility index (Phi) is 7.70. The van der Waals surface area contributed by atoms with Gasteiger partial charge in [-0.15, -0.1) is 11.8 Å². The van der Waals surface area contributed by atoms with Crippen LogP contribution in [0.4, 0.5) is 0 Å². The summed E-state index contributed by atoms with van der Waals surface area (Å²) in [6.07, 6.45) is 0. The van der Waals surface area contributed by atoms with Crippen molar-refractivity contribution < 1.29 is 9.53 Å². The third-order valence-electron chi connectivity index (χ3n) is 3.19. The molecule has 0 heterocycles. The molecule has 112 valence electrons. The van der Waals surface area contributed by atoms with Crippen LogP contribution in [0.25, 0.3) is 0 Å². The van der Waals surface area contributed by atoms with Gasteiger partial charge in [0.2, 0.25) is 0 Å². The van der Waals surface area contributed by atoms with E-state index in [1.54, 1.807) is 11.8 Å². The van der Waals surface area contributed by atoms with Gasteiger partial charge in [-0.1, -0.05) is 45.0 Å². The molecule has 1 N–H and O–H groups in total. The van der Waals surface area contributed by atoms with Crippen LogP contribution in [0.1, 0.15) is 43.9 Å². The van der Waals surface area contributed by atoms with Crippen LogP contribution >= 0.6 is 11.8 Å². The predicted molar refractivity (Wildman–Crippen MR) is 86.3 cm³/mol. The average Bonchev–Trinajstić information content (AvgIpc) is 2.46. The van der Waals surface area contributed by atoms with Gasteiger partial charge >= 0.3 is 5.97 Å². The summed E-state index contributed by atoms with van der Waals surface area (Å²) in [5.74, 6) is 1.66. The van der Waals surface area contributed by atoms with Crippen molar-refractivity contribution in [3.63, 3.8) is 0 Å². The Balaban J connectivity index is 2.62. The first-order valence-corrected chi connectivity index (χ1v) is 8.21. The van der Waals surface area contributed by atoms with Gasteiger partial charge in [-0.3, -0.25) is 4.79 Å². The number of nitrogens with one attached hydrogen (secondary N) is 1. The second kappa shape index (κ2) is 9.03. The Morgan fingerprint density at radius 1 is 1.25 bits per heavy atom. The van der Waals surface area contributed by atoms with Crippen molar-refractivity contribution >= 4 is 17.7 Å². The van der Waals surface area contributed by atoms with Gasteiger partial charge in [0, 0.05) is 11.8 Å². The zero-order chi connectivity index (χ0) is 15.0. The number of carbonyl (C=O) groups is 1. The molecule has 0 aliphatic carbocycles. The molecule has 0 aliphatic heterocycles. The van der Waals surface area contributed by atoms with E-state index in [2.05, 4.69) is 55.1 Å². The summed E-state index contributed by atoms with van der Waals surface area (Å²) in [5, 5.41) is 3.47. The van der Waals surface area contributed by atoms with E-state index in [9.17, 15) is 4.79 Å². The third-order valence-corrected chi connectivity index (χ3v) is 4.20. The highest BCUT2D eigenvalue weighted by atomic mass is 32.2. The van der Waals surface area contributed by atoms with E-state index in [0.29, 0.717) is 11.7 Å². The molecule has 1 rings (SSSR count). The first-order valence-electron chi connectivity index (χ1n) is 7.06. The van der Waals surface area contributed by atoms with E-state index >= 15 is 0 Å². The lowest BCUT2D eigenvalue weighted by atomic mass is 9.99. The van der Waals surface area contributed by atoms with Crippen LogP contribution in [0.3, 0.4) is 0 Å². The number of benzene rings is 1. The highest BCUT2D eigenvalue weighted by Gasteiger charge is 2.12. The number of methoxy groups -OCH3 is 1. The summed E-state index contributed by atoms with van der Waals surface area (Å²) >= 11 is 1.60. The summed E-state index contributed by atoms with van der Waals surface area (Å²) in [6, 6.07) is 9.02. The molecule has 1 aromatic rings. The predicted octanol–water partition coefficient (Wildman–Crippen LogP) is 3.37. The number of esters is 1. The molecule has 0 fully saturated rings. The lowest BCUT2D eigenvalue weighted by Gasteiger charge is -2.18. The summed E-state index contributed by atoms with van der Waals surface area (Å²) in [7, 11) is 1.43. The van der Waals surface area contributed by atoms with Crippen LogP contribution in [-0.4, -0.2) is 31.1 Å². The fourth-order valence-electron chi connectivity index (χ4n) is 1.95. The summed E-state index contributed by atoms with van der Waals surface area (Å²) in [4.78, 5) is 11.1. The zero-order valence-electron chi connectivity index (χ0n) is 12.8. The topological polar surface area (TPSA) is 38.3 Å². The molecular weight excluding hydrogens is 270 g/mol. The van der Waals surface area contributed by atoms with Crippen molar-refractivity contribution in [3.8, 4) is 0 Å². The minimum Gasteiger partial charge on any atom is -0.468 e. The van der Waals surface area contributed by atoms with Crippen molar-refractivity contribution in [3.05, 3.63) is 35.4 Å². The second-order valence-electron chi connectivity index (χ2n) is 5.02. The number of carbonyl (C=O) groups excluding carboxylic acids is 1. The molecule has 0 radical (unpaired) electrons. The Labute approximate surface area is 126 Å². The minimum atomic E-state index is -0.166. The smallest absolute Gasteiger partial charge is 0.315 e. The lowest BCUT2D eigenvalue weighted by molar-refractivity contribution is -0.137. The Morgan fingerprint density at radius 3 is 2.35 bits per heavy atom. The van der Waals surface area contributed by atoms with Crippen molar-refractivity contribution in [1.82, 2.24) is 5.32 Å². The Bertz CT molecular complexity index is 403. The molecule has 0 saturated carbocycles. The van der Waals surface area contributed by atoms with Crippen molar-refractivity contribution in [2.75, 3.05) is 25.2 Å². The molecular formula is C16H25NO2S. The van der Waals surface area contributed by atoms with E-state index in [1.165, 1.54) is 18.2 Å². The average molecular weight is 295 g/mol. The fourth-order valence-corrected chi connectivity index (χ4v) is 2.90. The number of hydrogen-bond acceptors (Lipinski definition) is 4. The SMILES string of the molecule is CCNC(CSCC(=O)OC)c1ccc(C(C)C)cc1. The highest BCUT2D eigenvalue weighted by Crippen LogP contribution is 2.21. The molecule has 1 unspecified atom stereocenters. The standard InChI is InChI=1S/C16H25NO2S/c1-5-17-15(10-20-11-16(18)19-4)14-8-6-13(7-9-14)12(2)3/h6-9,12,15,17H,5,10-11H2,1-4H3. The molecule has 0 saturated heterocycles. The Morgan fingerprint density at radius 2 is 1.85 bits per heavy atom. The molecule has 0 amide bonds. The largest absolute Gasteiger partial charge is 0.468 e. The van der Waals surface area contributed by atoms with Gasteiger partial charge in [0.15, 0.2) is 0 Å². The quantitative estimate of drug-likeness (QED) is 0.746. The first-order chi connectivity index (χ1) is 9.58. The minimum absolute atomic E-state index is 0.166. The van der Waals surface area contributed by atoms with Gasteiger partial charge in [-0.05, 0) is 23.6 Å². The summed E-state index contributed by atoms with van der Waals surface area (Å²) in [6.45, 7) is 7.40. The molecule has 0 spiro atoms. The number of hydrogen-bond donors (Lipinski definition) is 1. The molecule has 0 bridgehead atoms. The monoisotopic (exact) mass is 295 g/mol. The molecule has 3 nitrogen and oxygen atoms in total. The van der Waals surface area contributed by atoms with Crippen molar-refractivity contribution in [2.24, 2.45) is 0 Å². The van der Waals surface area contributed by atoms with E-state index in [-0.39, 0.29) is 12.0 Å². The molecule has 20 heavy (non-hydrogen) atoms. The van der Waals surface area contributed by atoms with Gasteiger partial charge in [-0.25, -0.2) is 0 Å². The normalized spacial score (nSPS) is 12.4. The maximum Gasteiger partial charge on any atom is 0.315 e. The van der Waals surface area contributed by atoms with Crippen LogP contribution in [0, 0.1) is 0 Å². The van der Waals surface area contributed by atoms with Gasteiger partial charge in [0.1, 0.15) is 0 Å². The van der Waals surface area contributed by atoms with E-state index < -0.39 is 0 Å². The van der Waals surface area contributed by atoms with Gasteiger partial charge in [0.05, 0.1) is 12.9 Å². The number of ether oxygens (including phenoxy) is 1. The van der Waals surface area contributed by atoms with Crippen LogP contribution in [0.15, 0.2) is 24.3 Å². The van der Waals surface area contributed by atoms with Crippen LogP contribution in [0.2, 0.25) is 0 Å². The maximum atomic E-state index is 11.1. The Hall–Kier alpha value is -1.00. The van der Waals surface area contributed by atoms with E-state index in [1.807, 2.05) is 0 Å². The van der Waals surface area contributed by atoms with Crippen molar-refractivity contribution in [2.45, 2.75) is 32.7 Å². The summed E-state index contributed by atoms with van der Waals surface area (Å²) in [5.41, 5.74) is 2.62. The van der Waals surface area contributed by atoms with Gasteiger partial charge in [0.25, 0.3) is 0 Å². The first kappa shape index (κ1) is 17.1. The number of rotatable bonds is 8. The molecule has 4 heteroatoms. The fraction of sp³-hybridized carbons (Fsp3) is 0.562. The van der Waals surface area contributed by atoms with E-state index in [0.717, 1.165) is 12.3 Å². The van der Waals surface area contributed by atoms with Gasteiger partial charge < -0.3 is 10.1 Å². The number of thioether (sulfide) groups is 1. The van der Waals surface area contributed by atoms with Crippen molar-refractivity contribution in [1.29, 1.82) is 0 Å². The molecule has 0 aromatic heterocycles. The molecule has 0 aliphatic rings. The third kappa shape index (κ3) is 5.55. The molecule has 1 atom stereocenters. The molecule has 1 aromatic carbocycles. The summed E-state index contributed by atoms with van der Waals surface area (Å²) < 4.78 is 4.66. The highest BCUT2D eigenvalue weighted by molar-refractivity contribution is 7.99. The maximum absolute atomic E-state index is 11.1.